The van der Waals surface area contributed by atoms with Gasteiger partial charge < -0.3 is 16.0 Å². The van der Waals surface area contributed by atoms with E-state index in [0.29, 0.717) is 75.3 Å². The quantitative estimate of drug-likeness (QED) is 0.0959. The van der Waals surface area contributed by atoms with E-state index in [0.717, 1.165) is 50.5 Å². The standard InChI is InChI=1S/3C19H20N6O2/c3*1-25-11-13-10-16(26)15(8-7-14(13)24-25)20-19(27)18-21-17(22-23-18)9-12-5-3-2-4-6-12/h3*2-6,11,15H,7-10H2,1H3,(H,20,27)(H,21,22,23)/t2*15-;/m10./s1. The number of nitrogens with one attached hydrogen (secondary N) is 6. The molecular weight excluding hydrogens is 1030 g/mol. The van der Waals surface area contributed by atoms with Crippen molar-refractivity contribution in [3.63, 3.8) is 0 Å². The lowest BCUT2D eigenvalue weighted by molar-refractivity contribution is -0.121. The second-order valence-corrected chi connectivity index (χ2v) is 20.3. The number of H-pyrrole nitrogens is 3. The highest BCUT2D eigenvalue weighted by molar-refractivity contribution is 5.98. The summed E-state index contributed by atoms with van der Waals surface area (Å²) in [5, 5.41) is 41.8. The SMILES string of the molecule is Cn1cc2c(n1)CCC(NC(=O)c1n[nH]c(Cc3ccccc3)n1)C(=O)C2.Cn1cc2c(n1)CC[C@@H](NC(=O)c1n[nH]c(Cc3ccccc3)n1)C(=O)C2.Cn1cc2c(n1)CC[C@H](NC(=O)c1n[nH]c(Cc3ccccc3)n1)C(=O)C2. The maximum atomic E-state index is 12.5. The van der Waals surface area contributed by atoms with Gasteiger partial charge in [-0.1, -0.05) is 91.0 Å². The van der Waals surface area contributed by atoms with Crippen molar-refractivity contribution in [1.29, 1.82) is 0 Å². The van der Waals surface area contributed by atoms with Crippen LogP contribution in [0.4, 0.5) is 0 Å². The third kappa shape index (κ3) is 14.1. The molecule has 0 saturated carbocycles. The molecule has 3 aromatic carbocycles. The molecule has 6 heterocycles. The average Bonchev–Trinajstić information content (AvgIpc) is 4.37. The van der Waals surface area contributed by atoms with Gasteiger partial charge in [0.25, 0.3) is 17.7 Å². The molecular formula is C57H60N18O6. The Labute approximate surface area is 464 Å². The summed E-state index contributed by atoms with van der Waals surface area (Å²) in [7, 11) is 5.53. The predicted molar refractivity (Wildman–Crippen MR) is 291 cm³/mol. The van der Waals surface area contributed by atoms with Crippen LogP contribution in [0, 0.1) is 0 Å². The molecule has 6 N–H and O–H groups in total. The van der Waals surface area contributed by atoms with Gasteiger partial charge in [-0.3, -0.25) is 58.1 Å². The van der Waals surface area contributed by atoms with E-state index in [1.54, 1.807) is 14.0 Å². The number of carbonyl (C=O) groups excluding carboxylic acids is 6. The topological polar surface area (TPSA) is 317 Å². The van der Waals surface area contributed by atoms with Crippen molar-refractivity contribution >= 4 is 35.1 Å². The van der Waals surface area contributed by atoms with Crippen molar-refractivity contribution in [2.24, 2.45) is 21.1 Å². The smallest absolute Gasteiger partial charge is 0.291 e. The maximum absolute atomic E-state index is 12.5. The lowest BCUT2D eigenvalue weighted by Gasteiger charge is -2.13. The Morgan fingerprint density at radius 1 is 0.444 bits per heavy atom. The first-order chi connectivity index (χ1) is 39.2. The van der Waals surface area contributed by atoms with Crippen LogP contribution in [0.3, 0.4) is 0 Å². The molecule has 0 fully saturated rings. The predicted octanol–water partition coefficient (Wildman–Crippen LogP) is 2.96. The number of hydrogen-bond donors (Lipinski definition) is 6. The second kappa shape index (κ2) is 24.9. The third-order valence-corrected chi connectivity index (χ3v) is 14.0. The van der Waals surface area contributed by atoms with Crippen LogP contribution in [-0.4, -0.2) is 128 Å². The molecule has 24 nitrogen and oxygen atoms in total. The minimum absolute atomic E-state index is 0.0184. The molecule has 9 aromatic rings. The van der Waals surface area contributed by atoms with E-state index in [1.807, 2.05) is 131 Å². The summed E-state index contributed by atoms with van der Waals surface area (Å²) in [4.78, 5) is 87.7. The monoisotopic (exact) mass is 1090 g/mol. The molecule has 24 heteroatoms. The molecule has 0 aliphatic heterocycles. The Balaban J connectivity index is 0.000000136. The van der Waals surface area contributed by atoms with Crippen molar-refractivity contribution < 1.29 is 28.8 Å². The Morgan fingerprint density at radius 2 is 0.716 bits per heavy atom. The van der Waals surface area contributed by atoms with Crippen LogP contribution in [0.25, 0.3) is 0 Å². The average molecular weight is 1090 g/mol. The van der Waals surface area contributed by atoms with Gasteiger partial charge in [0.1, 0.15) is 17.5 Å². The number of Topliss-reactive ketones (excluding diaryl/α,β-unsaturated/α-hetero) is 3. The number of benzene rings is 3. The highest BCUT2D eigenvalue weighted by atomic mass is 16.2. The van der Waals surface area contributed by atoms with Gasteiger partial charge in [-0.2, -0.15) is 15.3 Å². The van der Waals surface area contributed by atoms with Crippen LogP contribution in [0.2, 0.25) is 0 Å². The molecule has 0 spiro atoms. The van der Waals surface area contributed by atoms with E-state index < -0.39 is 35.8 Å². The zero-order chi connectivity index (χ0) is 56.4. The van der Waals surface area contributed by atoms with Crippen LogP contribution in [0.5, 0.6) is 0 Å². The first kappa shape index (κ1) is 54.5. The molecule has 414 valence electrons. The first-order valence-corrected chi connectivity index (χ1v) is 26.7. The summed E-state index contributed by atoms with van der Waals surface area (Å²) in [6.07, 6.45) is 11.6. The summed E-state index contributed by atoms with van der Waals surface area (Å²) in [5.41, 5.74) is 8.79. The van der Waals surface area contributed by atoms with Gasteiger partial charge in [0.2, 0.25) is 17.5 Å². The van der Waals surface area contributed by atoms with Gasteiger partial charge in [-0.25, -0.2) is 15.0 Å². The molecule has 81 heavy (non-hydrogen) atoms. The van der Waals surface area contributed by atoms with E-state index in [2.05, 4.69) is 76.8 Å². The van der Waals surface area contributed by atoms with Gasteiger partial charge in [-0.15, -0.1) is 15.3 Å². The summed E-state index contributed by atoms with van der Waals surface area (Å²) in [6, 6.07) is 27.8. The Bertz CT molecular complexity index is 3310. The number of carbonyl (C=O) groups is 6. The summed E-state index contributed by atoms with van der Waals surface area (Å²) in [6.45, 7) is 0. The van der Waals surface area contributed by atoms with Gasteiger partial charge >= 0.3 is 0 Å². The number of fused-ring (bicyclic) bond motifs is 3. The number of aromatic nitrogens is 15. The Kier molecular flexibility index (Phi) is 16.7. The molecule has 3 atom stereocenters. The van der Waals surface area contributed by atoms with Crippen molar-refractivity contribution in [3.8, 4) is 0 Å². The fourth-order valence-corrected chi connectivity index (χ4v) is 10.0. The van der Waals surface area contributed by atoms with Crippen molar-refractivity contribution in [2.45, 2.75) is 95.2 Å². The number of aryl methyl sites for hydroxylation is 6. The largest absolute Gasteiger partial charge is 0.339 e. The van der Waals surface area contributed by atoms with E-state index in [1.165, 1.54) is 0 Å². The summed E-state index contributed by atoms with van der Waals surface area (Å²) >= 11 is 0. The van der Waals surface area contributed by atoms with Crippen LogP contribution in [0.1, 0.15) is 119 Å². The Morgan fingerprint density at radius 3 is 0.988 bits per heavy atom. The van der Waals surface area contributed by atoms with Crippen LogP contribution >= 0.6 is 0 Å². The van der Waals surface area contributed by atoms with Crippen molar-refractivity contribution in [1.82, 2.24) is 90.8 Å². The Hall–Kier alpha value is -9.87. The zero-order valence-corrected chi connectivity index (χ0v) is 44.9. The van der Waals surface area contributed by atoms with E-state index in [-0.39, 0.29) is 54.1 Å². The minimum Gasteiger partial charge on any atom is -0.339 e. The van der Waals surface area contributed by atoms with E-state index >= 15 is 0 Å². The zero-order valence-electron chi connectivity index (χ0n) is 44.9. The molecule has 0 saturated heterocycles. The fraction of sp³-hybridized carbons (Fsp3) is 0.316. The molecule has 3 aliphatic carbocycles. The number of aromatic amines is 3. The summed E-state index contributed by atoms with van der Waals surface area (Å²) < 4.78 is 5.16. The molecule has 12 rings (SSSR count). The van der Waals surface area contributed by atoms with Crippen molar-refractivity contribution in [3.05, 3.63) is 195 Å². The van der Waals surface area contributed by atoms with Crippen LogP contribution in [0.15, 0.2) is 110 Å². The fourth-order valence-electron chi connectivity index (χ4n) is 10.0. The number of hydrogen-bond acceptors (Lipinski definition) is 15. The van der Waals surface area contributed by atoms with Gasteiger partial charge in [-0.05, 0) is 55.2 Å². The number of ketones is 3. The number of rotatable bonds is 12. The van der Waals surface area contributed by atoms with Crippen LogP contribution < -0.4 is 16.0 Å². The van der Waals surface area contributed by atoms with E-state index in [4.69, 9.17) is 0 Å². The normalized spacial score (nSPS) is 16.6. The molecule has 3 aliphatic rings. The van der Waals surface area contributed by atoms with Crippen LogP contribution in [-0.2, 0) is 93.3 Å². The van der Waals surface area contributed by atoms with Gasteiger partial charge in [0, 0.05) is 94.9 Å². The molecule has 0 bridgehead atoms. The minimum atomic E-state index is -0.548. The van der Waals surface area contributed by atoms with E-state index in [9.17, 15) is 28.8 Å². The molecule has 6 aromatic heterocycles. The first-order valence-electron chi connectivity index (χ1n) is 26.7. The highest BCUT2D eigenvalue weighted by Gasteiger charge is 2.31. The van der Waals surface area contributed by atoms with Gasteiger partial charge in [0.05, 0.1) is 35.2 Å². The molecule has 3 amide bonds. The maximum Gasteiger partial charge on any atom is 0.291 e. The lowest BCUT2D eigenvalue weighted by Crippen LogP contribution is -2.41. The highest BCUT2D eigenvalue weighted by Crippen LogP contribution is 2.21. The van der Waals surface area contributed by atoms with Gasteiger partial charge in [0.15, 0.2) is 17.3 Å². The third-order valence-electron chi connectivity index (χ3n) is 14.0. The lowest BCUT2D eigenvalue weighted by atomic mass is 10.1. The summed E-state index contributed by atoms with van der Waals surface area (Å²) in [5.74, 6) is 0.595. The number of nitrogens with zero attached hydrogens (tertiary/aromatic N) is 12. The van der Waals surface area contributed by atoms with Crippen molar-refractivity contribution in [2.75, 3.05) is 0 Å². The molecule has 0 radical (unpaired) electrons. The number of amides is 3. The second-order valence-electron chi connectivity index (χ2n) is 20.3. The molecule has 1 unspecified atom stereocenters.